The van der Waals surface area contributed by atoms with E-state index in [-0.39, 0.29) is 0 Å². The first-order valence-corrected chi connectivity index (χ1v) is 17.1. The van der Waals surface area contributed by atoms with Crippen molar-refractivity contribution in [3.05, 3.63) is 192 Å². The third-order valence-electron chi connectivity index (χ3n) is 10.7. The number of hydrogen-bond donors (Lipinski definition) is 0. The number of rotatable bonds is 3. The molecule has 0 N–H and O–H groups in total. The molecule has 2 aliphatic carbocycles. The molecule has 2 aliphatic rings. The average Bonchev–Trinajstić information content (AvgIpc) is 3.82. The van der Waals surface area contributed by atoms with Crippen molar-refractivity contribution in [2.45, 2.75) is 5.41 Å². The van der Waals surface area contributed by atoms with Gasteiger partial charge in [-0.2, -0.15) is 0 Å². The van der Waals surface area contributed by atoms with Gasteiger partial charge in [0, 0.05) is 27.5 Å². The topological polar surface area (TPSA) is 38.9 Å². The lowest BCUT2D eigenvalue weighted by atomic mass is 9.70. The summed E-state index contributed by atoms with van der Waals surface area (Å²) >= 11 is 0. The van der Waals surface area contributed by atoms with E-state index in [4.69, 9.17) is 14.4 Å². The highest BCUT2D eigenvalue weighted by Gasteiger charge is 2.51. The molecule has 0 saturated heterocycles. The van der Waals surface area contributed by atoms with Crippen LogP contribution >= 0.6 is 0 Å². The molecule has 0 fully saturated rings. The highest BCUT2D eigenvalue weighted by Crippen LogP contribution is 2.63. The Morgan fingerprint density at radius 2 is 0.900 bits per heavy atom. The molecule has 2 aromatic heterocycles. The predicted molar refractivity (Wildman–Crippen MR) is 202 cm³/mol. The zero-order chi connectivity index (χ0) is 32.8. The highest BCUT2D eigenvalue weighted by atomic mass is 16.3. The van der Waals surface area contributed by atoms with Crippen molar-refractivity contribution in [1.82, 2.24) is 9.97 Å². The summed E-state index contributed by atoms with van der Waals surface area (Å²) in [7, 11) is 0. The van der Waals surface area contributed by atoms with Crippen LogP contribution in [0.2, 0.25) is 0 Å². The van der Waals surface area contributed by atoms with Crippen molar-refractivity contribution < 1.29 is 4.42 Å². The predicted octanol–water partition coefficient (Wildman–Crippen LogP) is 11.7. The smallest absolute Gasteiger partial charge is 0.160 e. The SMILES string of the molecule is c1ccc(-c2cc(-c3ccc4c(c3)C3(c5ccccc5-c5ccccc53)c3ccccc3-4)nc(-c3ccc4oc5ccccc5c4c3)n2)cc1. The maximum Gasteiger partial charge on any atom is 0.160 e. The number of nitrogens with zero attached hydrogens (tertiary/aromatic N) is 2. The second kappa shape index (κ2) is 10.2. The van der Waals surface area contributed by atoms with E-state index in [0.717, 1.165) is 50.0 Å². The van der Waals surface area contributed by atoms with E-state index >= 15 is 0 Å². The van der Waals surface area contributed by atoms with Crippen molar-refractivity contribution in [2.75, 3.05) is 0 Å². The number of fused-ring (bicyclic) bond motifs is 13. The summed E-state index contributed by atoms with van der Waals surface area (Å²) in [6.07, 6.45) is 0. The summed E-state index contributed by atoms with van der Waals surface area (Å²) in [5.74, 6) is 0.684. The summed E-state index contributed by atoms with van der Waals surface area (Å²) in [4.78, 5) is 10.5. The molecule has 232 valence electrons. The van der Waals surface area contributed by atoms with Crippen LogP contribution in [-0.4, -0.2) is 9.97 Å². The number of para-hydroxylation sites is 1. The zero-order valence-electron chi connectivity index (χ0n) is 27.0. The number of benzene rings is 7. The molecule has 0 bridgehead atoms. The van der Waals surface area contributed by atoms with Crippen LogP contribution in [0.5, 0.6) is 0 Å². The largest absolute Gasteiger partial charge is 0.456 e. The molecule has 0 saturated carbocycles. The molecule has 3 nitrogen and oxygen atoms in total. The van der Waals surface area contributed by atoms with Gasteiger partial charge in [-0.05, 0) is 80.9 Å². The third kappa shape index (κ3) is 3.69. The van der Waals surface area contributed by atoms with Crippen LogP contribution in [0.1, 0.15) is 22.3 Å². The lowest BCUT2D eigenvalue weighted by molar-refractivity contribution is 0.669. The Labute approximate surface area is 289 Å². The Hall–Kier alpha value is -6.58. The van der Waals surface area contributed by atoms with Crippen LogP contribution in [0.3, 0.4) is 0 Å². The minimum absolute atomic E-state index is 0.416. The van der Waals surface area contributed by atoms with Crippen LogP contribution in [0.25, 0.3) is 78.1 Å². The number of furan rings is 1. The number of hydrogen-bond acceptors (Lipinski definition) is 3. The lowest BCUT2D eigenvalue weighted by Gasteiger charge is -2.30. The summed E-state index contributed by atoms with van der Waals surface area (Å²) in [5, 5.41) is 2.15. The second-order valence-corrected chi connectivity index (χ2v) is 13.3. The van der Waals surface area contributed by atoms with Gasteiger partial charge in [-0.15, -0.1) is 0 Å². The minimum Gasteiger partial charge on any atom is -0.456 e. The molecule has 0 radical (unpaired) electrons. The monoisotopic (exact) mass is 636 g/mol. The fourth-order valence-corrected chi connectivity index (χ4v) is 8.60. The van der Waals surface area contributed by atoms with Crippen molar-refractivity contribution in [2.24, 2.45) is 0 Å². The maximum atomic E-state index is 6.15. The molecular formula is C47H28N2O. The fourth-order valence-electron chi connectivity index (χ4n) is 8.60. The molecule has 1 spiro atoms. The van der Waals surface area contributed by atoms with Gasteiger partial charge < -0.3 is 4.42 Å². The molecule has 2 heterocycles. The molecule has 0 amide bonds. The van der Waals surface area contributed by atoms with Gasteiger partial charge in [0.1, 0.15) is 11.2 Å². The maximum absolute atomic E-state index is 6.15. The van der Waals surface area contributed by atoms with Crippen molar-refractivity contribution >= 4 is 21.9 Å². The summed E-state index contributed by atoms with van der Waals surface area (Å²) in [6, 6.07) is 60.7. The van der Waals surface area contributed by atoms with Crippen LogP contribution in [0, 0.1) is 0 Å². The Morgan fingerprint density at radius 1 is 0.360 bits per heavy atom. The summed E-state index contributed by atoms with van der Waals surface area (Å²) in [5.41, 5.74) is 16.6. The van der Waals surface area contributed by atoms with Gasteiger partial charge in [-0.3, -0.25) is 0 Å². The first-order chi connectivity index (χ1) is 24.8. The lowest BCUT2D eigenvalue weighted by Crippen LogP contribution is -2.25. The standard InChI is InChI=1S/C47H28N2O/c1-2-12-29(13-3-1)42-28-43(49-46(48-42)31-23-25-45-37(26-31)36-17-7-11-21-44(36)50-45)30-22-24-35-34-16-6-10-20-40(34)47(41(35)27-30)38-18-8-4-14-32(38)33-15-5-9-19-39(33)47/h1-28H. The van der Waals surface area contributed by atoms with Gasteiger partial charge in [0.15, 0.2) is 5.82 Å². The Balaban J connectivity index is 1.16. The molecule has 50 heavy (non-hydrogen) atoms. The van der Waals surface area contributed by atoms with Crippen LogP contribution in [0.4, 0.5) is 0 Å². The van der Waals surface area contributed by atoms with E-state index in [1.54, 1.807) is 0 Å². The zero-order valence-corrected chi connectivity index (χ0v) is 27.0. The van der Waals surface area contributed by atoms with Crippen LogP contribution in [0.15, 0.2) is 174 Å². The third-order valence-corrected chi connectivity index (χ3v) is 10.7. The highest BCUT2D eigenvalue weighted by molar-refractivity contribution is 6.06. The van der Waals surface area contributed by atoms with Crippen molar-refractivity contribution in [3.8, 4) is 56.2 Å². The van der Waals surface area contributed by atoms with E-state index < -0.39 is 5.41 Å². The van der Waals surface area contributed by atoms with Gasteiger partial charge >= 0.3 is 0 Å². The summed E-state index contributed by atoms with van der Waals surface area (Å²) < 4.78 is 6.15. The molecule has 7 aromatic carbocycles. The molecule has 11 rings (SSSR count). The summed E-state index contributed by atoms with van der Waals surface area (Å²) in [6.45, 7) is 0. The van der Waals surface area contributed by atoms with E-state index in [9.17, 15) is 0 Å². The van der Waals surface area contributed by atoms with E-state index in [1.807, 2.05) is 24.3 Å². The first-order valence-electron chi connectivity index (χ1n) is 17.1. The molecule has 0 unspecified atom stereocenters. The normalized spacial score (nSPS) is 13.4. The quantitative estimate of drug-likeness (QED) is 0.194. The molecule has 3 heteroatoms. The average molecular weight is 637 g/mol. The molecule has 9 aromatic rings. The van der Waals surface area contributed by atoms with E-state index in [1.165, 1.54) is 44.5 Å². The minimum atomic E-state index is -0.416. The molecular weight excluding hydrogens is 609 g/mol. The first kappa shape index (κ1) is 27.4. The Morgan fingerprint density at radius 3 is 1.60 bits per heavy atom. The Kier molecular flexibility index (Phi) is 5.59. The van der Waals surface area contributed by atoms with Gasteiger partial charge in [0.2, 0.25) is 0 Å². The van der Waals surface area contributed by atoms with Gasteiger partial charge in [-0.1, -0.05) is 133 Å². The van der Waals surface area contributed by atoms with Crippen LogP contribution < -0.4 is 0 Å². The number of aromatic nitrogens is 2. The van der Waals surface area contributed by atoms with Gasteiger partial charge in [0.25, 0.3) is 0 Å². The Bertz CT molecular complexity index is 2770. The molecule has 0 aliphatic heterocycles. The fraction of sp³-hybridized carbons (Fsp3) is 0.0213. The van der Waals surface area contributed by atoms with Gasteiger partial charge in [-0.25, -0.2) is 9.97 Å². The van der Waals surface area contributed by atoms with Crippen molar-refractivity contribution in [3.63, 3.8) is 0 Å². The second-order valence-electron chi connectivity index (χ2n) is 13.3. The van der Waals surface area contributed by atoms with E-state index in [0.29, 0.717) is 5.82 Å². The molecule has 0 atom stereocenters. The van der Waals surface area contributed by atoms with Crippen molar-refractivity contribution in [1.29, 1.82) is 0 Å². The van der Waals surface area contributed by atoms with Gasteiger partial charge in [0.05, 0.1) is 16.8 Å². The van der Waals surface area contributed by atoms with E-state index in [2.05, 4.69) is 146 Å². The van der Waals surface area contributed by atoms with Crippen LogP contribution in [-0.2, 0) is 5.41 Å².